The fourth-order valence-electron chi connectivity index (χ4n) is 0.0822. The van der Waals surface area contributed by atoms with Crippen LogP contribution in [0.5, 0.6) is 0 Å². The first-order valence-corrected chi connectivity index (χ1v) is 1.84. The van der Waals surface area contributed by atoms with E-state index in [1.165, 1.54) is 17.8 Å². The van der Waals surface area contributed by atoms with Crippen LogP contribution < -0.4 is 5.84 Å². The Morgan fingerprint density at radius 1 is 1.67 bits per heavy atom. The van der Waals surface area contributed by atoms with E-state index in [9.17, 15) is 0 Å². The molecular weight excluding hydrogens is 99.5 g/mol. The van der Waals surface area contributed by atoms with Gasteiger partial charge in [0.1, 0.15) is 0 Å². The Bertz CT molecular complexity index is 57.2. The van der Waals surface area contributed by atoms with Crippen molar-refractivity contribution in [3.05, 3.63) is 11.6 Å². The lowest BCUT2D eigenvalue weighted by Crippen LogP contribution is -1.76. The van der Waals surface area contributed by atoms with Gasteiger partial charge < -0.3 is 5.84 Å². The molecule has 0 bridgehead atoms. The minimum atomic E-state index is 1.33. The van der Waals surface area contributed by atoms with Gasteiger partial charge in [-0.05, 0) is 6.08 Å². The molecule has 0 aromatic heterocycles. The van der Waals surface area contributed by atoms with Crippen LogP contribution >= 0.6 is 11.6 Å². The van der Waals surface area contributed by atoms with E-state index in [0.717, 1.165) is 0 Å². The van der Waals surface area contributed by atoms with Gasteiger partial charge in [0, 0.05) is 11.7 Å². The quantitative estimate of drug-likeness (QED) is 0.297. The molecule has 0 aromatic rings. The van der Waals surface area contributed by atoms with E-state index in [1.54, 1.807) is 0 Å². The molecule has 0 aromatic carbocycles. The van der Waals surface area contributed by atoms with E-state index in [-0.39, 0.29) is 0 Å². The van der Waals surface area contributed by atoms with Crippen LogP contribution in [0.4, 0.5) is 0 Å². The maximum Gasteiger partial charge on any atom is 0.0474 e. The number of halogens is 1. The van der Waals surface area contributed by atoms with Crippen LogP contribution in [0.2, 0.25) is 0 Å². The predicted octanol–water partition coefficient (Wildman–Crippen LogP) is 0.683. The number of nitrogens with zero attached hydrogens (tertiary/aromatic N) is 1. The van der Waals surface area contributed by atoms with Gasteiger partial charge in [-0.15, -0.1) is 0 Å². The van der Waals surface area contributed by atoms with E-state index in [0.29, 0.717) is 0 Å². The van der Waals surface area contributed by atoms with Crippen LogP contribution in [-0.4, -0.2) is 6.21 Å². The highest BCUT2D eigenvalue weighted by molar-refractivity contribution is 6.26. The average molecular weight is 105 g/mol. The number of nitrogens with two attached hydrogens (primary N) is 1. The van der Waals surface area contributed by atoms with Crippen molar-refractivity contribution >= 4 is 17.8 Å². The molecule has 0 aliphatic carbocycles. The Labute approximate surface area is 41.3 Å². The zero-order chi connectivity index (χ0) is 4.83. The van der Waals surface area contributed by atoms with E-state index in [1.807, 2.05) is 0 Å². The molecule has 0 rings (SSSR count). The molecule has 0 saturated carbocycles. The molecule has 2 N–H and O–H groups in total. The zero-order valence-corrected chi connectivity index (χ0v) is 3.89. The first-order chi connectivity index (χ1) is 2.91. The van der Waals surface area contributed by atoms with E-state index < -0.39 is 0 Å². The van der Waals surface area contributed by atoms with Gasteiger partial charge in [-0.2, -0.15) is 5.10 Å². The van der Waals surface area contributed by atoms with Crippen LogP contribution in [0, 0.1) is 0 Å². The lowest BCUT2D eigenvalue weighted by Gasteiger charge is -1.62. The number of allylic oxidation sites excluding steroid dienone is 1. The van der Waals surface area contributed by atoms with Crippen LogP contribution in [0.3, 0.4) is 0 Å². The topological polar surface area (TPSA) is 38.4 Å². The number of hydrogen-bond acceptors (Lipinski definition) is 2. The number of hydrazone groups is 1. The maximum atomic E-state index is 5.05. The van der Waals surface area contributed by atoms with Crippen molar-refractivity contribution in [1.29, 1.82) is 0 Å². The summed E-state index contributed by atoms with van der Waals surface area (Å²) < 4.78 is 0. The highest BCUT2D eigenvalue weighted by atomic mass is 35.5. The molecule has 0 aliphatic heterocycles. The second-order valence-corrected chi connectivity index (χ2v) is 0.869. The Morgan fingerprint density at radius 3 is 2.50 bits per heavy atom. The third-order valence-electron chi connectivity index (χ3n) is 0.245. The summed E-state index contributed by atoms with van der Waals surface area (Å²) in [5, 5.41) is 3.13. The lowest BCUT2D eigenvalue weighted by molar-refractivity contribution is 1.27. The molecule has 34 valence electrons. The van der Waals surface area contributed by atoms with Crippen LogP contribution in [-0.2, 0) is 0 Å². The molecule has 0 radical (unpaired) electrons. The summed E-state index contributed by atoms with van der Waals surface area (Å²) in [7, 11) is 0. The first kappa shape index (κ1) is 5.50. The molecule has 6 heavy (non-hydrogen) atoms. The summed E-state index contributed by atoms with van der Waals surface area (Å²) in [6, 6.07) is 0. The van der Waals surface area contributed by atoms with Gasteiger partial charge >= 0.3 is 0 Å². The van der Waals surface area contributed by atoms with Gasteiger partial charge in [-0.3, -0.25) is 0 Å². The van der Waals surface area contributed by atoms with Crippen molar-refractivity contribution in [3.63, 3.8) is 0 Å². The fraction of sp³-hybridized carbons (Fsp3) is 0. The number of hydrogen-bond donors (Lipinski definition) is 1. The molecule has 0 saturated heterocycles. The third kappa shape index (κ3) is 3.50. The van der Waals surface area contributed by atoms with Gasteiger partial charge in [-0.25, -0.2) is 0 Å². The second kappa shape index (κ2) is 4.50. The summed E-state index contributed by atoms with van der Waals surface area (Å²) >= 11 is 5.05. The standard InChI is InChI=1S/C3H5ClN2/c4-2-1-3-6-5/h1-3H,5H2/b2-1-,6-3-. The summed E-state index contributed by atoms with van der Waals surface area (Å²) in [6.07, 6.45) is 2.93. The minimum absolute atomic E-state index is 1.33. The molecule has 0 heterocycles. The van der Waals surface area contributed by atoms with Crippen molar-refractivity contribution in [1.82, 2.24) is 0 Å². The van der Waals surface area contributed by atoms with Crippen molar-refractivity contribution in [2.45, 2.75) is 0 Å². The smallest absolute Gasteiger partial charge is 0.0474 e. The molecular formula is C3H5ClN2. The zero-order valence-electron chi connectivity index (χ0n) is 3.13. The van der Waals surface area contributed by atoms with Gasteiger partial charge in [0.25, 0.3) is 0 Å². The van der Waals surface area contributed by atoms with Crippen LogP contribution in [0.25, 0.3) is 0 Å². The molecule has 0 unspecified atom stereocenters. The molecule has 0 fully saturated rings. The molecule has 2 nitrogen and oxygen atoms in total. The van der Waals surface area contributed by atoms with E-state index in [2.05, 4.69) is 10.9 Å². The van der Waals surface area contributed by atoms with Crippen molar-refractivity contribution in [2.75, 3.05) is 0 Å². The monoisotopic (exact) mass is 104 g/mol. The highest BCUT2D eigenvalue weighted by Gasteiger charge is 1.51. The fourth-order valence-corrected chi connectivity index (χ4v) is 0.147. The summed E-state index contributed by atoms with van der Waals surface area (Å²) in [6.45, 7) is 0. The molecule has 0 aliphatic rings. The minimum Gasteiger partial charge on any atom is -0.323 e. The Balaban J connectivity index is 3.07. The van der Waals surface area contributed by atoms with Crippen molar-refractivity contribution < 1.29 is 0 Å². The Kier molecular flexibility index (Phi) is 4.12. The van der Waals surface area contributed by atoms with Gasteiger partial charge in [-0.1, -0.05) is 11.6 Å². The maximum absolute atomic E-state index is 5.05. The SMILES string of the molecule is N/N=C\C=C/Cl. The van der Waals surface area contributed by atoms with E-state index in [4.69, 9.17) is 11.6 Å². The number of rotatable bonds is 1. The predicted molar refractivity (Wildman–Crippen MR) is 27.7 cm³/mol. The van der Waals surface area contributed by atoms with Crippen molar-refractivity contribution in [2.24, 2.45) is 10.9 Å². The first-order valence-electron chi connectivity index (χ1n) is 1.40. The Hall–Kier alpha value is -0.500. The lowest BCUT2D eigenvalue weighted by atomic mass is 10.7. The van der Waals surface area contributed by atoms with Gasteiger partial charge in [0.05, 0.1) is 0 Å². The molecule has 0 spiro atoms. The largest absolute Gasteiger partial charge is 0.323 e. The van der Waals surface area contributed by atoms with Gasteiger partial charge in [0.15, 0.2) is 0 Å². The van der Waals surface area contributed by atoms with E-state index >= 15 is 0 Å². The van der Waals surface area contributed by atoms with Crippen LogP contribution in [0.1, 0.15) is 0 Å². The molecule has 0 amide bonds. The average Bonchev–Trinajstić information content (AvgIpc) is 1.61. The van der Waals surface area contributed by atoms with Crippen LogP contribution in [0.15, 0.2) is 16.7 Å². The second-order valence-electron chi connectivity index (χ2n) is 0.617. The van der Waals surface area contributed by atoms with Gasteiger partial charge in [0.2, 0.25) is 0 Å². The third-order valence-corrected chi connectivity index (χ3v) is 0.390. The summed E-state index contributed by atoms with van der Waals surface area (Å²) in [5.41, 5.74) is 1.33. The summed E-state index contributed by atoms with van der Waals surface area (Å²) in [5.74, 6) is 4.67. The molecule has 3 heteroatoms. The highest BCUT2D eigenvalue weighted by Crippen LogP contribution is 1.70. The van der Waals surface area contributed by atoms with Crippen molar-refractivity contribution in [3.8, 4) is 0 Å². The summed E-state index contributed by atoms with van der Waals surface area (Å²) in [4.78, 5) is 0. The normalized spacial score (nSPS) is 11.5. The Morgan fingerprint density at radius 2 is 2.33 bits per heavy atom. The molecule has 0 atom stereocenters.